The van der Waals surface area contributed by atoms with Gasteiger partial charge >= 0.3 is 0 Å². The number of aryl methyl sites for hydroxylation is 3. The molecule has 0 bridgehead atoms. The van der Waals surface area contributed by atoms with Gasteiger partial charge in [0.05, 0.1) is 29.2 Å². The fraction of sp³-hybridized carbons (Fsp3) is 0.348. The second kappa shape index (κ2) is 9.44. The van der Waals surface area contributed by atoms with E-state index in [-0.39, 0.29) is 36.5 Å². The molecule has 0 fully saturated rings. The zero-order chi connectivity index (χ0) is 23.7. The molecule has 4 aromatic rings. The molecule has 8 nitrogen and oxygen atoms in total. The number of carbonyl (C=O) groups excluding carboxylic acids is 1. The monoisotopic (exact) mass is 485 g/mol. The lowest BCUT2D eigenvalue weighted by molar-refractivity contribution is -0.132. The van der Waals surface area contributed by atoms with E-state index in [1.165, 1.54) is 22.2 Å². The Bertz CT molecular complexity index is 1470. The number of fused-ring (bicyclic) bond motifs is 2. The summed E-state index contributed by atoms with van der Waals surface area (Å²) in [5.74, 6) is 0.261. The van der Waals surface area contributed by atoms with Crippen LogP contribution in [-0.4, -0.2) is 36.9 Å². The Morgan fingerprint density at radius 1 is 1.27 bits per heavy atom. The highest BCUT2D eigenvalue weighted by Crippen LogP contribution is 2.25. The second-order valence-corrected chi connectivity index (χ2v) is 9.59. The lowest BCUT2D eigenvalue weighted by Crippen LogP contribution is -2.34. The third-order valence-corrected chi connectivity index (χ3v) is 6.98. The summed E-state index contributed by atoms with van der Waals surface area (Å²) in [7, 11) is 0. The number of thiophene rings is 1. The van der Waals surface area contributed by atoms with E-state index in [0.717, 1.165) is 21.7 Å². The minimum atomic E-state index is -0.275. The average Bonchev–Trinajstić information content (AvgIpc) is 3.06. The van der Waals surface area contributed by atoms with Crippen LogP contribution >= 0.6 is 22.9 Å². The van der Waals surface area contributed by atoms with E-state index >= 15 is 0 Å². The van der Waals surface area contributed by atoms with Crippen molar-refractivity contribution in [2.45, 2.75) is 46.7 Å². The molecule has 0 saturated heterocycles. The Morgan fingerprint density at radius 3 is 2.82 bits per heavy atom. The van der Waals surface area contributed by atoms with Crippen molar-refractivity contribution in [1.82, 2.24) is 24.4 Å². The first-order valence-electron chi connectivity index (χ1n) is 10.7. The van der Waals surface area contributed by atoms with E-state index < -0.39 is 0 Å². The second-order valence-electron chi connectivity index (χ2n) is 7.95. The number of nitrogens with zero attached hydrogens (tertiary/aromatic N) is 4. The third kappa shape index (κ3) is 4.69. The van der Waals surface area contributed by atoms with E-state index in [9.17, 15) is 14.4 Å². The number of aromatic amines is 1. The van der Waals surface area contributed by atoms with Crippen molar-refractivity contribution in [2.24, 2.45) is 0 Å². The first-order valence-corrected chi connectivity index (χ1v) is 11.9. The van der Waals surface area contributed by atoms with Gasteiger partial charge in [0.2, 0.25) is 5.91 Å². The van der Waals surface area contributed by atoms with Gasteiger partial charge in [-0.15, -0.1) is 11.3 Å². The maximum atomic E-state index is 13.0. The molecule has 1 N–H and O–H groups in total. The number of hydrogen-bond acceptors (Lipinski definition) is 6. The molecule has 1 amide bonds. The van der Waals surface area contributed by atoms with Gasteiger partial charge in [-0.05, 0) is 44.0 Å². The minimum Gasteiger partial charge on any atom is -0.335 e. The van der Waals surface area contributed by atoms with Crippen LogP contribution in [0.1, 0.15) is 36.0 Å². The molecule has 172 valence electrons. The molecule has 0 unspecified atom stereocenters. The Hall–Kier alpha value is -3.04. The third-order valence-electron chi connectivity index (χ3n) is 5.63. The van der Waals surface area contributed by atoms with Gasteiger partial charge in [0.15, 0.2) is 0 Å². The maximum Gasteiger partial charge on any atom is 0.262 e. The number of H-pyrrole nitrogens is 1. The summed E-state index contributed by atoms with van der Waals surface area (Å²) in [5, 5.41) is 1.55. The molecule has 0 aliphatic carbocycles. The summed E-state index contributed by atoms with van der Waals surface area (Å²) in [5.41, 5.74) is 1.02. The number of amides is 1. The summed E-state index contributed by atoms with van der Waals surface area (Å²) in [4.78, 5) is 53.4. The van der Waals surface area contributed by atoms with E-state index in [1.54, 1.807) is 23.1 Å². The number of nitrogens with one attached hydrogen (secondary N) is 1. The summed E-state index contributed by atoms with van der Waals surface area (Å²) in [6, 6.07) is 4.90. The Labute approximate surface area is 198 Å². The smallest absolute Gasteiger partial charge is 0.262 e. The average molecular weight is 486 g/mol. The van der Waals surface area contributed by atoms with Gasteiger partial charge in [-0.1, -0.05) is 18.5 Å². The van der Waals surface area contributed by atoms with E-state index in [0.29, 0.717) is 33.7 Å². The maximum absolute atomic E-state index is 13.0. The number of benzene rings is 1. The zero-order valence-corrected chi connectivity index (χ0v) is 20.2. The fourth-order valence-corrected chi connectivity index (χ4v) is 4.94. The van der Waals surface area contributed by atoms with Crippen molar-refractivity contribution in [3.05, 3.63) is 66.5 Å². The van der Waals surface area contributed by atoms with Crippen LogP contribution in [0.15, 0.2) is 34.1 Å². The van der Waals surface area contributed by atoms with Crippen molar-refractivity contribution >= 4 is 50.0 Å². The van der Waals surface area contributed by atoms with E-state index in [4.69, 9.17) is 11.6 Å². The predicted octanol–water partition coefficient (Wildman–Crippen LogP) is 3.79. The number of carbonyl (C=O) groups is 1. The molecule has 0 saturated carbocycles. The summed E-state index contributed by atoms with van der Waals surface area (Å²) in [6.07, 6.45) is 2.39. The van der Waals surface area contributed by atoms with Gasteiger partial charge in [-0.3, -0.25) is 19.0 Å². The van der Waals surface area contributed by atoms with Gasteiger partial charge in [0.1, 0.15) is 10.7 Å². The molecule has 0 atom stereocenters. The predicted molar refractivity (Wildman–Crippen MR) is 131 cm³/mol. The largest absolute Gasteiger partial charge is 0.335 e. The molecule has 33 heavy (non-hydrogen) atoms. The SMILES string of the molecule is CCCN(Cc1nc2cc(Cl)ccc2c(=O)[nH]1)C(=O)CCn1cnc2sc(C)c(C)c2c1=O. The summed E-state index contributed by atoms with van der Waals surface area (Å²) in [6.45, 7) is 6.76. The molecule has 0 aliphatic heterocycles. The van der Waals surface area contributed by atoms with Crippen LogP contribution in [0, 0.1) is 13.8 Å². The molecule has 0 aliphatic rings. The van der Waals surface area contributed by atoms with Crippen LogP contribution < -0.4 is 11.1 Å². The number of halogens is 1. The molecule has 0 radical (unpaired) electrons. The van der Waals surface area contributed by atoms with Crippen molar-refractivity contribution in [3.63, 3.8) is 0 Å². The first-order chi connectivity index (χ1) is 15.8. The highest BCUT2D eigenvalue weighted by atomic mass is 35.5. The van der Waals surface area contributed by atoms with Crippen LogP contribution in [0.25, 0.3) is 21.1 Å². The quantitative estimate of drug-likeness (QED) is 0.429. The van der Waals surface area contributed by atoms with E-state index in [1.807, 2.05) is 20.8 Å². The topological polar surface area (TPSA) is 101 Å². The van der Waals surface area contributed by atoms with Crippen LogP contribution in [0.5, 0.6) is 0 Å². The number of hydrogen-bond donors (Lipinski definition) is 1. The Morgan fingerprint density at radius 2 is 2.06 bits per heavy atom. The minimum absolute atomic E-state index is 0.129. The standard InChI is InChI=1S/C23H24ClN5O3S/c1-4-8-28(11-18-26-17-10-15(24)5-6-16(17)21(31)27-18)19(30)7-9-29-12-25-22-20(23(29)32)13(2)14(3)33-22/h5-6,10,12H,4,7-9,11H2,1-3H3,(H,26,27,31). The molecule has 0 spiro atoms. The summed E-state index contributed by atoms with van der Waals surface area (Å²) >= 11 is 7.54. The molecular weight excluding hydrogens is 462 g/mol. The molecule has 3 heterocycles. The molecule has 4 rings (SSSR count). The van der Waals surface area contributed by atoms with Gasteiger partial charge < -0.3 is 9.88 Å². The molecule has 1 aromatic carbocycles. The number of rotatable bonds is 7. The molecule has 10 heteroatoms. The van der Waals surface area contributed by atoms with Gasteiger partial charge in [0.25, 0.3) is 11.1 Å². The van der Waals surface area contributed by atoms with Crippen molar-refractivity contribution in [3.8, 4) is 0 Å². The lowest BCUT2D eigenvalue weighted by atomic mass is 10.2. The Balaban J connectivity index is 1.53. The normalized spacial score (nSPS) is 11.4. The summed E-state index contributed by atoms with van der Waals surface area (Å²) < 4.78 is 1.49. The highest BCUT2D eigenvalue weighted by Gasteiger charge is 2.17. The van der Waals surface area contributed by atoms with Gasteiger partial charge in [-0.2, -0.15) is 0 Å². The van der Waals surface area contributed by atoms with Crippen LogP contribution in [0.4, 0.5) is 0 Å². The van der Waals surface area contributed by atoms with Gasteiger partial charge in [0, 0.05) is 29.4 Å². The highest BCUT2D eigenvalue weighted by molar-refractivity contribution is 7.18. The first kappa shape index (κ1) is 23.1. The van der Waals surface area contributed by atoms with Crippen LogP contribution in [0.2, 0.25) is 5.02 Å². The van der Waals surface area contributed by atoms with Crippen molar-refractivity contribution < 1.29 is 4.79 Å². The Kier molecular flexibility index (Phi) is 6.62. The number of aromatic nitrogens is 4. The van der Waals surface area contributed by atoms with E-state index in [2.05, 4.69) is 15.0 Å². The molecule has 3 aromatic heterocycles. The van der Waals surface area contributed by atoms with Crippen molar-refractivity contribution in [2.75, 3.05) is 6.54 Å². The van der Waals surface area contributed by atoms with Crippen LogP contribution in [-0.2, 0) is 17.9 Å². The zero-order valence-electron chi connectivity index (χ0n) is 18.6. The lowest BCUT2D eigenvalue weighted by Gasteiger charge is -2.22. The van der Waals surface area contributed by atoms with Gasteiger partial charge in [-0.25, -0.2) is 9.97 Å². The van der Waals surface area contributed by atoms with Crippen molar-refractivity contribution in [1.29, 1.82) is 0 Å². The molecular formula is C23H24ClN5O3S. The fourth-order valence-electron chi connectivity index (χ4n) is 3.78. The van der Waals surface area contributed by atoms with Crippen LogP contribution in [0.3, 0.4) is 0 Å².